The Labute approximate surface area is 194 Å². The minimum Gasteiger partial charge on any atom is -0.481 e. The van der Waals surface area contributed by atoms with E-state index in [9.17, 15) is 14.7 Å². The van der Waals surface area contributed by atoms with Crippen molar-refractivity contribution in [3.05, 3.63) is 12.2 Å². The van der Waals surface area contributed by atoms with Gasteiger partial charge in [-0.1, -0.05) is 70.4 Å². The van der Waals surface area contributed by atoms with Crippen molar-refractivity contribution in [1.82, 2.24) is 5.32 Å². The van der Waals surface area contributed by atoms with Crippen LogP contribution in [0.4, 0.5) is 0 Å². The van der Waals surface area contributed by atoms with E-state index in [0.717, 1.165) is 57.8 Å². The molecule has 1 rings (SSSR count). The molecule has 0 saturated carbocycles. The lowest BCUT2D eigenvalue weighted by atomic mass is 9.75. The zero-order valence-corrected chi connectivity index (χ0v) is 20.0. The van der Waals surface area contributed by atoms with E-state index in [1.807, 2.05) is 0 Å². The molecular formula is C25H47NO6. The lowest BCUT2D eigenvalue weighted by molar-refractivity contribution is -0.144. The van der Waals surface area contributed by atoms with Gasteiger partial charge in [0.15, 0.2) is 0 Å². The maximum Gasteiger partial charge on any atom is 0.307 e. The fraction of sp³-hybridized carbons (Fsp3) is 0.840. The average Bonchev–Trinajstić information content (AvgIpc) is 2.77. The van der Waals surface area contributed by atoms with Crippen LogP contribution in [-0.2, 0) is 9.59 Å². The third-order valence-corrected chi connectivity index (χ3v) is 5.95. The first-order chi connectivity index (χ1) is 15.5. The summed E-state index contributed by atoms with van der Waals surface area (Å²) < 4.78 is 0. The van der Waals surface area contributed by atoms with Crippen LogP contribution in [0.5, 0.6) is 0 Å². The van der Waals surface area contributed by atoms with Gasteiger partial charge in [0.1, 0.15) is 0 Å². The second kappa shape index (κ2) is 21.4. The smallest absolute Gasteiger partial charge is 0.307 e. The minimum absolute atomic E-state index is 0.139. The second-order valence-corrected chi connectivity index (χ2v) is 8.74. The number of hydrogen-bond acceptors (Lipinski definition) is 5. The van der Waals surface area contributed by atoms with Crippen LogP contribution in [0.3, 0.4) is 0 Å². The summed E-state index contributed by atoms with van der Waals surface area (Å²) >= 11 is 0. The fourth-order valence-electron chi connectivity index (χ4n) is 4.11. The van der Waals surface area contributed by atoms with Gasteiger partial charge in [0, 0.05) is 19.5 Å². The van der Waals surface area contributed by atoms with E-state index in [0.29, 0.717) is 19.0 Å². The Bertz CT molecular complexity index is 493. The third kappa shape index (κ3) is 17.2. The Kier molecular flexibility index (Phi) is 20.4. The number of hydrogen-bond donors (Lipinski definition) is 5. The number of aliphatic hydroxyl groups is 2. The topological polar surface area (TPSA) is 127 Å². The first-order valence-electron chi connectivity index (χ1n) is 12.5. The quantitative estimate of drug-likeness (QED) is 0.154. The zero-order valence-electron chi connectivity index (χ0n) is 20.0. The van der Waals surface area contributed by atoms with Crippen LogP contribution in [0.15, 0.2) is 12.2 Å². The zero-order chi connectivity index (χ0) is 24.0. The highest BCUT2D eigenvalue weighted by Gasteiger charge is 2.31. The summed E-state index contributed by atoms with van der Waals surface area (Å²) in [5.74, 6) is -0.958. The van der Waals surface area contributed by atoms with Crippen molar-refractivity contribution >= 4 is 11.9 Å². The highest BCUT2D eigenvalue weighted by atomic mass is 16.4. The first kappa shape index (κ1) is 30.6. The van der Waals surface area contributed by atoms with Crippen molar-refractivity contribution < 1.29 is 30.0 Å². The van der Waals surface area contributed by atoms with Crippen LogP contribution < -0.4 is 5.32 Å². The monoisotopic (exact) mass is 457 g/mol. The number of carboxylic acids is 2. The molecule has 188 valence electrons. The predicted octanol–water partition coefficient (Wildman–Crippen LogP) is 4.23. The van der Waals surface area contributed by atoms with Gasteiger partial charge < -0.3 is 25.7 Å². The molecule has 0 aliphatic heterocycles. The van der Waals surface area contributed by atoms with Crippen molar-refractivity contribution in [3.63, 3.8) is 0 Å². The highest BCUT2D eigenvalue weighted by Crippen LogP contribution is 2.34. The molecule has 0 fully saturated rings. The number of allylic oxidation sites excluding steroid dienone is 2. The van der Waals surface area contributed by atoms with Gasteiger partial charge in [-0.15, -0.1) is 0 Å². The van der Waals surface area contributed by atoms with Crippen molar-refractivity contribution in [3.8, 4) is 0 Å². The Morgan fingerprint density at radius 2 is 1.44 bits per heavy atom. The second-order valence-electron chi connectivity index (χ2n) is 8.74. The normalized spacial score (nSPS) is 19.9. The first-order valence-corrected chi connectivity index (χ1v) is 12.5. The number of rotatable bonds is 18. The van der Waals surface area contributed by atoms with Crippen LogP contribution in [0, 0.1) is 17.8 Å². The third-order valence-electron chi connectivity index (χ3n) is 5.95. The molecule has 0 heterocycles. The molecule has 0 radical (unpaired) electrons. The van der Waals surface area contributed by atoms with Gasteiger partial charge in [0.25, 0.3) is 0 Å². The van der Waals surface area contributed by atoms with Crippen molar-refractivity contribution in [2.24, 2.45) is 17.8 Å². The van der Waals surface area contributed by atoms with Crippen LogP contribution in [0.1, 0.15) is 90.4 Å². The maximum atomic E-state index is 11.6. The maximum absolute atomic E-state index is 11.6. The molecule has 0 saturated heterocycles. The molecule has 0 amide bonds. The van der Waals surface area contributed by atoms with E-state index >= 15 is 0 Å². The fourth-order valence-corrected chi connectivity index (χ4v) is 4.11. The molecule has 32 heavy (non-hydrogen) atoms. The molecule has 0 bridgehead atoms. The molecule has 3 unspecified atom stereocenters. The van der Waals surface area contributed by atoms with Crippen molar-refractivity contribution in [2.45, 2.75) is 90.4 Å². The van der Waals surface area contributed by atoms with Crippen molar-refractivity contribution in [1.29, 1.82) is 0 Å². The summed E-state index contributed by atoms with van der Waals surface area (Å²) in [6.45, 7) is 3.61. The summed E-state index contributed by atoms with van der Waals surface area (Å²) in [6.07, 6.45) is 17.4. The van der Waals surface area contributed by atoms with Gasteiger partial charge in [0.2, 0.25) is 0 Å². The molecule has 0 aromatic rings. The molecule has 5 N–H and O–H groups in total. The molecule has 1 aliphatic rings. The van der Waals surface area contributed by atoms with E-state index in [4.69, 9.17) is 15.3 Å². The van der Waals surface area contributed by atoms with Crippen molar-refractivity contribution in [2.75, 3.05) is 26.3 Å². The van der Waals surface area contributed by atoms with E-state index in [2.05, 4.69) is 24.4 Å². The van der Waals surface area contributed by atoms with Crippen LogP contribution >= 0.6 is 0 Å². The van der Waals surface area contributed by atoms with E-state index in [1.165, 1.54) is 19.3 Å². The van der Waals surface area contributed by atoms with Crippen LogP contribution in [0.25, 0.3) is 0 Å². The summed E-state index contributed by atoms with van der Waals surface area (Å²) in [7, 11) is 0. The lowest BCUT2D eigenvalue weighted by Gasteiger charge is -2.29. The number of carboxylic acid groups (broad SMARTS) is 2. The van der Waals surface area contributed by atoms with E-state index < -0.39 is 11.9 Å². The number of nitrogens with one attached hydrogen (secondary N) is 1. The number of aliphatic carboxylic acids is 2. The number of unbranched alkanes of at least 4 members (excludes halogenated alkanes) is 7. The highest BCUT2D eigenvalue weighted by molar-refractivity contribution is 5.71. The molecule has 0 aromatic heterocycles. The van der Waals surface area contributed by atoms with E-state index in [-0.39, 0.29) is 31.5 Å². The molecule has 7 nitrogen and oxygen atoms in total. The lowest BCUT2D eigenvalue weighted by Crippen LogP contribution is -2.28. The predicted molar refractivity (Wildman–Crippen MR) is 128 cm³/mol. The summed E-state index contributed by atoms with van der Waals surface area (Å²) in [6, 6.07) is 0. The Morgan fingerprint density at radius 1 is 0.844 bits per heavy atom. The van der Waals surface area contributed by atoms with Gasteiger partial charge in [-0.3, -0.25) is 9.59 Å². The average molecular weight is 458 g/mol. The summed E-state index contributed by atoms with van der Waals surface area (Å²) in [5.41, 5.74) is 0. The SMILES string of the molecule is CCCCCCC1C=CC(CCCCCCCC(=O)O)CC1C(=O)O.OCCNCCO. The van der Waals surface area contributed by atoms with Gasteiger partial charge in [-0.25, -0.2) is 0 Å². The molecule has 1 aliphatic carbocycles. The minimum atomic E-state index is -0.712. The van der Waals surface area contributed by atoms with Gasteiger partial charge >= 0.3 is 11.9 Å². The summed E-state index contributed by atoms with van der Waals surface area (Å²) in [4.78, 5) is 22.1. The molecular weight excluding hydrogens is 410 g/mol. The molecule has 0 spiro atoms. The number of aliphatic hydroxyl groups excluding tert-OH is 2. The number of carbonyl (C=O) groups is 2. The standard InChI is InChI=1S/C21H36O4.C4H11NO2/c1-2-3-4-9-12-18-15-14-17(16-19(18)21(24)25)11-8-6-5-7-10-13-20(22)23;6-3-1-5-2-4-7/h14-15,17-19H,2-13,16H2,1H3,(H,22,23)(H,24,25);5-7H,1-4H2. The van der Waals surface area contributed by atoms with E-state index in [1.54, 1.807) is 0 Å². The van der Waals surface area contributed by atoms with Gasteiger partial charge in [-0.2, -0.15) is 0 Å². The molecule has 7 heteroatoms. The summed E-state index contributed by atoms with van der Waals surface area (Å²) in [5, 5.41) is 37.2. The molecule has 0 aromatic carbocycles. The molecule has 3 atom stereocenters. The van der Waals surface area contributed by atoms with Gasteiger partial charge in [-0.05, 0) is 37.5 Å². The van der Waals surface area contributed by atoms with Gasteiger partial charge in [0.05, 0.1) is 19.1 Å². The largest absolute Gasteiger partial charge is 0.481 e. The van der Waals surface area contributed by atoms with Crippen LogP contribution in [-0.4, -0.2) is 58.7 Å². The Hall–Kier alpha value is -1.44. The Morgan fingerprint density at radius 3 is 2.03 bits per heavy atom. The van der Waals surface area contributed by atoms with Crippen LogP contribution in [0.2, 0.25) is 0 Å². The Balaban J connectivity index is 0.00000118.